The van der Waals surface area contributed by atoms with E-state index >= 15 is 0 Å². The molecule has 0 amide bonds. The Morgan fingerprint density at radius 1 is 1.43 bits per heavy atom. The topological polar surface area (TPSA) is 47.8 Å². The average Bonchev–Trinajstić information content (AvgIpc) is 2.67. The monoisotopic (exact) mass is 193 g/mol. The number of aromatic nitrogens is 3. The highest BCUT2D eigenvalue weighted by atomic mass is 16.1. The van der Waals surface area contributed by atoms with Crippen molar-refractivity contribution in [2.45, 2.75) is 38.6 Å². The van der Waals surface area contributed by atoms with Gasteiger partial charge in [0.05, 0.1) is 6.20 Å². The number of nitrogens with zero attached hydrogens (tertiary/aromatic N) is 3. The Balaban J connectivity index is 1.92. The van der Waals surface area contributed by atoms with Gasteiger partial charge in [-0.05, 0) is 18.8 Å². The zero-order chi connectivity index (χ0) is 9.80. The molecule has 0 unspecified atom stereocenters. The van der Waals surface area contributed by atoms with E-state index in [2.05, 4.69) is 10.3 Å². The van der Waals surface area contributed by atoms with Crippen LogP contribution in [0.5, 0.6) is 0 Å². The summed E-state index contributed by atoms with van der Waals surface area (Å²) in [4.78, 5) is 10.4. The summed E-state index contributed by atoms with van der Waals surface area (Å²) in [5.74, 6) is 0.727. The predicted molar refractivity (Wildman–Crippen MR) is 52.0 cm³/mol. The third kappa shape index (κ3) is 2.19. The SMILES string of the molecule is O=Cc1cn(CC2CCCCC2)nn1. The minimum absolute atomic E-state index is 0.431. The van der Waals surface area contributed by atoms with E-state index < -0.39 is 0 Å². The minimum atomic E-state index is 0.431. The Morgan fingerprint density at radius 3 is 2.86 bits per heavy atom. The molecule has 0 aliphatic heterocycles. The highest BCUT2D eigenvalue weighted by Crippen LogP contribution is 2.24. The van der Waals surface area contributed by atoms with E-state index in [9.17, 15) is 4.79 Å². The van der Waals surface area contributed by atoms with E-state index in [1.165, 1.54) is 32.1 Å². The van der Waals surface area contributed by atoms with Crippen LogP contribution in [0.1, 0.15) is 42.6 Å². The number of carbonyl (C=O) groups excluding carboxylic acids is 1. The molecule has 0 spiro atoms. The van der Waals surface area contributed by atoms with E-state index in [0.717, 1.165) is 18.7 Å². The predicted octanol–water partition coefficient (Wildman–Crippen LogP) is 1.67. The summed E-state index contributed by atoms with van der Waals surface area (Å²) in [6.07, 6.45) is 9.08. The molecule has 76 valence electrons. The van der Waals surface area contributed by atoms with Crippen LogP contribution in [0.2, 0.25) is 0 Å². The molecule has 4 heteroatoms. The molecule has 1 fully saturated rings. The van der Waals surface area contributed by atoms with E-state index in [1.807, 2.05) is 0 Å². The molecule has 0 radical (unpaired) electrons. The third-order valence-corrected chi connectivity index (χ3v) is 2.85. The minimum Gasteiger partial charge on any atom is -0.296 e. The van der Waals surface area contributed by atoms with E-state index in [0.29, 0.717) is 5.69 Å². The quantitative estimate of drug-likeness (QED) is 0.686. The van der Waals surface area contributed by atoms with Gasteiger partial charge in [-0.2, -0.15) is 0 Å². The fraction of sp³-hybridized carbons (Fsp3) is 0.700. The van der Waals surface area contributed by atoms with Crippen LogP contribution in [0.3, 0.4) is 0 Å². The van der Waals surface area contributed by atoms with Crippen molar-refractivity contribution in [2.75, 3.05) is 0 Å². The standard InChI is InChI=1S/C10H15N3O/c14-8-10-7-13(12-11-10)6-9-4-2-1-3-5-9/h7-9H,1-6H2. The van der Waals surface area contributed by atoms with Crippen LogP contribution in [-0.4, -0.2) is 21.3 Å². The highest BCUT2D eigenvalue weighted by molar-refractivity contribution is 5.70. The maximum absolute atomic E-state index is 10.4. The molecule has 1 heterocycles. The molecule has 0 bridgehead atoms. The lowest BCUT2D eigenvalue weighted by atomic mass is 9.89. The van der Waals surface area contributed by atoms with E-state index in [1.54, 1.807) is 10.9 Å². The molecule has 2 rings (SSSR count). The Morgan fingerprint density at radius 2 is 2.21 bits per heavy atom. The maximum Gasteiger partial charge on any atom is 0.171 e. The number of hydrogen-bond acceptors (Lipinski definition) is 3. The summed E-state index contributed by atoms with van der Waals surface area (Å²) in [5, 5.41) is 7.66. The lowest BCUT2D eigenvalue weighted by Crippen LogP contribution is -2.14. The van der Waals surface area contributed by atoms with Crippen LogP contribution in [-0.2, 0) is 6.54 Å². The Hall–Kier alpha value is -1.19. The molecule has 4 nitrogen and oxygen atoms in total. The molecule has 0 saturated heterocycles. The molecule has 1 aliphatic rings. The highest BCUT2D eigenvalue weighted by Gasteiger charge is 2.14. The zero-order valence-corrected chi connectivity index (χ0v) is 8.22. The molecular weight excluding hydrogens is 178 g/mol. The van der Waals surface area contributed by atoms with Gasteiger partial charge >= 0.3 is 0 Å². The van der Waals surface area contributed by atoms with Crippen LogP contribution >= 0.6 is 0 Å². The summed E-state index contributed by atoms with van der Waals surface area (Å²) in [7, 11) is 0. The Bertz CT molecular complexity index is 302. The summed E-state index contributed by atoms with van der Waals surface area (Å²) in [6, 6.07) is 0. The van der Waals surface area contributed by atoms with Crippen molar-refractivity contribution in [2.24, 2.45) is 5.92 Å². The fourth-order valence-corrected chi connectivity index (χ4v) is 2.09. The molecule has 1 aromatic heterocycles. The van der Waals surface area contributed by atoms with Gasteiger partial charge in [0.1, 0.15) is 5.69 Å². The molecule has 0 aromatic carbocycles. The summed E-state index contributed by atoms with van der Waals surface area (Å²) in [5.41, 5.74) is 0.431. The van der Waals surface area contributed by atoms with Crippen molar-refractivity contribution in [3.63, 3.8) is 0 Å². The first kappa shape index (κ1) is 9.37. The molecule has 1 aromatic rings. The van der Waals surface area contributed by atoms with Gasteiger partial charge in [0.25, 0.3) is 0 Å². The normalized spacial score (nSPS) is 18.3. The van der Waals surface area contributed by atoms with Crippen LogP contribution in [0.15, 0.2) is 6.20 Å². The largest absolute Gasteiger partial charge is 0.296 e. The first-order valence-electron chi connectivity index (χ1n) is 5.24. The Kier molecular flexibility index (Phi) is 2.91. The lowest BCUT2D eigenvalue weighted by Gasteiger charge is -2.20. The molecule has 1 aliphatic carbocycles. The zero-order valence-electron chi connectivity index (χ0n) is 8.22. The number of rotatable bonds is 3. The first-order valence-corrected chi connectivity index (χ1v) is 5.24. The number of aldehydes is 1. The van der Waals surface area contributed by atoms with Crippen molar-refractivity contribution in [1.82, 2.24) is 15.0 Å². The second-order valence-electron chi connectivity index (χ2n) is 3.99. The van der Waals surface area contributed by atoms with Crippen LogP contribution in [0.25, 0.3) is 0 Å². The maximum atomic E-state index is 10.4. The van der Waals surface area contributed by atoms with Crippen molar-refractivity contribution in [3.8, 4) is 0 Å². The third-order valence-electron chi connectivity index (χ3n) is 2.85. The molecule has 0 atom stereocenters. The van der Waals surface area contributed by atoms with Gasteiger partial charge in [-0.1, -0.05) is 24.5 Å². The fourth-order valence-electron chi connectivity index (χ4n) is 2.09. The average molecular weight is 193 g/mol. The van der Waals surface area contributed by atoms with Gasteiger partial charge in [-0.3, -0.25) is 9.48 Å². The van der Waals surface area contributed by atoms with Crippen molar-refractivity contribution < 1.29 is 4.79 Å². The molecule has 0 N–H and O–H groups in total. The van der Waals surface area contributed by atoms with Crippen LogP contribution in [0, 0.1) is 5.92 Å². The molecular formula is C10H15N3O. The van der Waals surface area contributed by atoms with Gasteiger partial charge in [-0.25, -0.2) is 0 Å². The van der Waals surface area contributed by atoms with Gasteiger partial charge in [0, 0.05) is 6.54 Å². The summed E-state index contributed by atoms with van der Waals surface area (Å²) < 4.78 is 1.79. The summed E-state index contributed by atoms with van der Waals surface area (Å²) in [6.45, 7) is 0.918. The lowest BCUT2D eigenvalue weighted by molar-refractivity contribution is 0.111. The molecule has 1 saturated carbocycles. The van der Waals surface area contributed by atoms with Gasteiger partial charge in [-0.15, -0.1) is 5.10 Å². The Labute approximate surface area is 83.3 Å². The van der Waals surface area contributed by atoms with E-state index in [4.69, 9.17) is 0 Å². The van der Waals surface area contributed by atoms with Crippen molar-refractivity contribution in [3.05, 3.63) is 11.9 Å². The van der Waals surface area contributed by atoms with Gasteiger partial charge < -0.3 is 0 Å². The first-order chi connectivity index (χ1) is 6.88. The van der Waals surface area contributed by atoms with E-state index in [-0.39, 0.29) is 0 Å². The number of hydrogen-bond donors (Lipinski definition) is 0. The van der Waals surface area contributed by atoms with Crippen molar-refractivity contribution in [1.29, 1.82) is 0 Å². The smallest absolute Gasteiger partial charge is 0.171 e. The van der Waals surface area contributed by atoms with Crippen LogP contribution in [0.4, 0.5) is 0 Å². The second-order valence-corrected chi connectivity index (χ2v) is 3.99. The van der Waals surface area contributed by atoms with Crippen LogP contribution < -0.4 is 0 Å². The van der Waals surface area contributed by atoms with Gasteiger partial charge in [0.2, 0.25) is 0 Å². The number of carbonyl (C=O) groups is 1. The molecule has 14 heavy (non-hydrogen) atoms. The van der Waals surface area contributed by atoms with Gasteiger partial charge in [0.15, 0.2) is 6.29 Å². The van der Waals surface area contributed by atoms with Crippen molar-refractivity contribution >= 4 is 6.29 Å². The summed E-state index contributed by atoms with van der Waals surface area (Å²) >= 11 is 0. The second kappa shape index (κ2) is 4.35.